The van der Waals surface area contributed by atoms with E-state index >= 15 is 0 Å². The molecule has 116 valence electrons. The van der Waals surface area contributed by atoms with Crippen molar-refractivity contribution in [3.63, 3.8) is 0 Å². The van der Waals surface area contributed by atoms with Crippen LogP contribution in [0.25, 0.3) is 0 Å². The highest BCUT2D eigenvalue weighted by molar-refractivity contribution is 5.53. The summed E-state index contributed by atoms with van der Waals surface area (Å²) < 4.78 is 16.5. The van der Waals surface area contributed by atoms with Crippen LogP contribution >= 0.6 is 0 Å². The van der Waals surface area contributed by atoms with E-state index in [0.29, 0.717) is 0 Å². The van der Waals surface area contributed by atoms with Gasteiger partial charge in [-0.1, -0.05) is 18.2 Å². The Hall–Kier alpha value is -2.20. The molecule has 1 aliphatic heterocycles. The molecule has 0 aliphatic carbocycles. The highest BCUT2D eigenvalue weighted by atomic mass is 16.5. The maximum Gasteiger partial charge on any atom is 0.126 e. The third-order valence-electron chi connectivity index (χ3n) is 4.16. The predicted octanol–water partition coefficient (Wildman–Crippen LogP) is 2.95. The van der Waals surface area contributed by atoms with Crippen LogP contribution in [0.2, 0.25) is 0 Å². The number of rotatable bonds is 4. The van der Waals surface area contributed by atoms with Gasteiger partial charge in [-0.3, -0.25) is 0 Å². The average Bonchev–Trinajstić information content (AvgIpc) is 2.60. The standard InChI is InChI=1S/C18H21NO3/c1-20-12-10-15-13(17(11-12)22-3)8-9-19-18(15)14-6-4-5-7-16(14)21-2/h4-7,10-11,18-19H,8-9H2,1-3H3. The van der Waals surface area contributed by atoms with E-state index in [9.17, 15) is 0 Å². The van der Waals surface area contributed by atoms with Gasteiger partial charge in [-0.15, -0.1) is 0 Å². The van der Waals surface area contributed by atoms with E-state index in [0.717, 1.165) is 35.8 Å². The van der Waals surface area contributed by atoms with Crippen LogP contribution in [0, 0.1) is 0 Å². The summed E-state index contributed by atoms with van der Waals surface area (Å²) in [5.41, 5.74) is 3.55. The van der Waals surface area contributed by atoms with Crippen molar-refractivity contribution in [2.45, 2.75) is 12.5 Å². The molecule has 3 rings (SSSR count). The fraction of sp³-hybridized carbons (Fsp3) is 0.333. The van der Waals surface area contributed by atoms with Gasteiger partial charge in [0.15, 0.2) is 0 Å². The zero-order valence-corrected chi connectivity index (χ0v) is 13.2. The van der Waals surface area contributed by atoms with Crippen LogP contribution in [-0.4, -0.2) is 27.9 Å². The number of ether oxygens (including phenoxy) is 3. The van der Waals surface area contributed by atoms with E-state index in [2.05, 4.69) is 17.4 Å². The second kappa shape index (κ2) is 6.28. The normalized spacial score (nSPS) is 16.8. The van der Waals surface area contributed by atoms with Crippen molar-refractivity contribution < 1.29 is 14.2 Å². The summed E-state index contributed by atoms with van der Waals surface area (Å²) in [6.45, 7) is 0.901. The number of hydrogen-bond acceptors (Lipinski definition) is 4. The Labute approximate surface area is 131 Å². The van der Waals surface area contributed by atoms with E-state index in [1.54, 1.807) is 21.3 Å². The maximum atomic E-state index is 5.56. The van der Waals surface area contributed by atoms with Gasteiger partial charge >= 0.3 is 0 Å². The van der Waals surface area contributed by atoms with Gasteiger partial charge < -0.3 is 19.5 Å². The molecule has 0 spiro atoms. The molecule has 0 fully saturated rings. The Morgan fingerprint density at radius 1 is 0.909 bits per heavy atom. The first-order chi connectivity index (χ1) is 10.8. The third-order valence-corrected chi connectivity index (χ3v) is 4.16. The molecule has 0 saturated heterocycles. The molecule has 0 saturated carbocycles. The van der Waals surface area contributed by atoms with Gasteiger partial charge in [-0.05, 0) is 24.1 Å². The molecule has 1 N–H and O–H groups in total. The Morgan fingerprint density at radius 3 is 2.41 bits per heavy atom. The molecular formula is C18H21NO3. The molecular weight excluding hydrogens is 278 g/mol. The van der Waals surface area contributed by atoms with Crippen molar-refractivity contribution in [1.82, 2.24) is 5.32 Å². The van der Waals surface area contributed by atoms with Gasteiger partial charge in [-0.2, -0.15) is 0 Å². The predicted molar refractivity (Wildman–Crippen MR) is 86.1 cm³/mol. The fourth-order valence-corrected chi connectivity index (χ4v) is 3.10. The lowest BCUT2D eigenvalue weighted by molar-refractivity contribution is 0.382. The zero-order valence-electron chi connectivity index (χ0n) is 13.2. The van der Waals surface area contributed by atoms with Gasteiger partial charge in [-0.25, -0.2) is 0 Å². The molecule has 1 atom stereocenters. The van der Waals surface area contributed by atoms with Crippen molar-refractivity contribution in [1.29, 1.82) is 0 Å². The Kier molecular flexibility index (Phi) is 4.20. The molecule has 0 aromatic heterocycles. The summed E-state index contributed by atoms with van der Waals surface area (Å²) in [6, 6.07) is 12.2. The minimum atomic E-state index is 0.0731. The van der Waals surface area contributed by atoms with E-state index in [4.69, 9.17) is 14.2 Å². The number of para-hydroxylation sites is 1. The summed E-state index contributed by atoms with van der Waals surface area (Å²) in [6.07, 6.45) is 0.939. The minimum Gasteiger partial charge on any atom is -0.497 e. The summed E-state index contributed by atoms with van der Waals surface area (Å²) in [4.78, 5) is 0. The zero-order chi connectivity index (χ0) is 15.5. The van der Waals surface area contributed by atoms with Crippen molar-refractivity contribution in [2.24, 2.45) is 0 Å². The Morgan fingerprint density at radius 2 is 1.68 bits per heavy atom. The van der Waals surface area contributed by atoms with Crippen LogP contribution in [0.5, 0.6) is 17.2 Å². The van der Waals surface area contributed by atoms with Gasteiger partial charge in [0.2, 0.25) is 0 Å². The second-order valence-electron chi connectivity index (χ2n) is 5.28. The fourth-order valence-electron chi connectivity index (χ4n) is 3.10. The highest BCUT2D eigenvalue weighted by Crippen LogP contribution is 2.39. The lowest BCUT2D eigenvalue weighted by atomic mass is 9.88. The highest BCUT2D eigenvalue weighted by Gasteiger charge is 2.26. The number of benzene rings is 2. The molecule has 2 aromatic carbocycles. The van der Waals surface area contributed by atoms with Crippen LogP contribution in [-0.2, 0) is 6.42 Å². The largest absolute Gasteiger partial charge is 0.497 e. The second-order valence-corrected chi connectivity index (χ2v) is 5.28. The molecule has 1 unspecified atom stereocenters. The molecule has 1 heterocycles. The van der Waals surface area contributed by atoms with Crippen molar-refractivity contribution in [3.05, 3.63) is 53.1 Å². The summed E-state index contributed by atoms with van der Waals surface area (Å²) >= 11 is 0. The van der Waals surface area contributed by atoms with Crippen LogP contribution < -0.4 is 19.5 Å². The van der Waals surface area contributed by atoms with Gasteiger partial charge in [0.05, 0.1) is 27.4 Å². The number of nitrogens with one attached hydrogen (secondary N) is 1. The van der Waals surface area contributed by atoms with Crippen LogP contribution in [0.15, 0.2) is 36.4 Å². The Bertz CT molecular complexity index is 669. The molecule has 0 amide bonds. The lowest BCUT2D eigenvalue weighted by Gasteiger charge is -2.30. The van der Waals surface area contributed by atoms with Gasteiger partial charge in [0, 0.05) is 23.7 Å². The third kappa shape index (κ3) is 2.50. The topological polar surface area (TPSA) is 39.7 Å². The smallest absolute Gasteiger partial charge is 0.126 e. The molecule has 2 aromatic rings. The van der Waals surface area contributed by atoms with E-state index in [1.807, 2.05) is 24.3 Å². The van der Waals surface area contributed by atoms with Gasteiger partial charge in [0.1, 0.15) is 17.2 Å². The molecule has 0 radical (unpaired) electrons. The van der Waals surface area contributed by atoms with Crippen LogP contribution in [0.1, 0.15) is 22.7 Å². The molecule has 22 heavy (non-hydrogen) atoms. The molecule has 1 aliphatic rings. The van der Waals surface area contributed by atoms with Crippen LogP contribution in [0.3, 0.4) is 0 Å². The van der Waals surface area contributed by atoms with E-state index in [1.165, 1.54) is 11.1 Å². The maximum absolute atomic E-state index is 5.56. The van der Waals surface area contributed by atoms with Crippen LogP contribution in [0.4, 0.5) is 0 Å². The SMILES string of the molecule is COc1cc(OC)c2c(c1)C(c1ccccc1OC)NCC2. The summed E-state index contributed by atoms with van der Waals surface area (Å²) in [5.74, 6) is 2.57. The first-order valence-corrected chi connectivity index (χ1v) is 7.39. The quantitative estimate of drug-likeness (QED) is 0.942. The number of hydrogen-bond donors (Lipinski definition) is 1. The lowest BCUT2D eigenvalue weighted by Crippen LogP contribution is -2.31. The van der Waals surface area contributed by atoms with Gasteiger partial charge in [0.25, 0.3) is 0 Å². The van der Waals surface area contributed by atoms with E-state index in [-0.39, 0.29) is 6.04 Å². The average molecular weight is 299 g/mol. The minimum absolute atomic E-state index is 0.0731. The first-order valence-electron chi connectivity index (χ1n) is 7.39. The molecule has 4 heteroatoms. The summed E-state index contributed by atoms with van der Waals surface area (Å²) in [5, 5.41) is 3.58. The first kappa shape index (κ1) is 14.7. The Balaban J connectivity index is 2.14. The van der Waals surface area contributed by atoms with Crippen molar-refractivity contribution >= 4 is 0 Å². The van der Waals surface area contributed by atoms with Crippen molar-refractivity contribution in [2.75, 3.05) is 27.9 Å². The number of methoxy groups -OCH3 is 3. The van der Waals surface area contributed by atoms with Crippen molar-refractivity contribution in [3.8, 4) is 17.2 Å². The summed E-state index contributed by atoms with van der Waals surface area (Å²) in [7, 11) is 5.08. The van der Waals surface area contributed by atoms with E-state index < -0.39 is 0 Å². The number of fused-ring (bicyclic) bond motifs is 1. The monoisotopic (exact) mass is 299 g/mol. The molecule has 4 nitrogen and oxygen atoms in total. The molecule has 0 bridgehead atoms.